The van der Waals surface area contributed by atoms with Crippen molar-refractivity contribution in [2.45, 2.75) is 13.3 Å². The Morgan fingerprint density at radius 3 is 2.42 bits per heavy atom. The van der Waals surface area contributed by atoms with Crippen LogP contribution in [0.4, 0.5) is 4.39 Å². The molecule has 2 aromatic carbocycles. The minimum absolute atomic E-state index is 0.120. The molecule has 0 radical (unpaired) electrons. The van der Waals surface area contributed by atoms with Gasteiger partial charge in [-0.15, -0.1) is 0 Å². The van der Waals surface area contributed by atoms with Crippen LogP contribution in [-0.4, -0.2) is 5.78 Å². The highest BCUT2D eigenvalue weighted by Gasteiger charge is 2.02. The molecule has 0 saturated carbocycles. The Morgan fingerprint density at radius 1 is 1.11 bits per heavy atom. The summed E-state index contributed by atoms with van der Waals surface area (Å²) in [5.41, 5.74) is 2.22. The molecule has 0 saturated heterocycles. The highest BCUT2D eigenvalue weighted by molar-refractivity contribution is 6.06. The molecule has 0 spiro atoms. The summed E-state index contributed by atoms with van der Waals surface area (Å²) in [4.78, 5) is 11.9. The van der Waals surface area contributed by atoms with Crippen LogP contribution in [0.15, 0.2) is 54.6 Å². The normalized spacial score (nSPS) is 10.8. The summed E-state index contributed by atoms with van der Waals surface area (Å²) in [5, 5.41) is 0. The molecule has 0 aliphatic rings. The molecule has 0 amide bonds. The monoisotopic (exact) mass is 254 g/mol. The maximum Gasteiger partial charge on any atom is 0.185 e. The van der Waals surface area contributed by atoms with E-state index in [9.17, 15) is 9.18 Å². The number of hydrogen-bond acceptors (Lipinski definition) is 1. The highest BCUT2D eigenvalue weighted by atomic mass is 19.1. The van der Waals surface area contributed by atoms with Crippen LogP contribution in [0.25, 0.3) is 6.08 Å². The van der Waals surface area contributed by atoms with Crippen molar-refractivity contribution in [3.05, 3.63) is 77.1 Å². The van der Waals surface area contributed by atoms with Crippen molar-refractivity contribution in [3.63, 3.8) is 0 Å². The van der Waals surface area contributed by atoms with Crippen LogP contribution >= 0.6 is 0 Å². The van der Waals surface area contributed by atoms with E-state index in [0.29, 0.717) is 11.1 Å². The average Bonchev–Trinajstić information content (AvgIpc) is 2.46. The second-order valence-electron chi connectivity index (χ2n) is 4.27. The molecule has 1 nitrogen and oxygen atoms in total. The molecule has 19 heavy (non-hydrogen) atoms. The maximum absolute atomic E-state index is 13.4. The number of rotatable bonds is 4. The minimum atomic E-state index is -0.326. The second kappa shape index (κ2) is 6.10. The van der Waals surface area contributed by atoms with E-state index in [2.05, 4.69) is 6.92 Å². The lowest BCUT2D eigenvalue weighted by molar-refractivity contribution is 0.104. The van der Waals surface area contributed by atoms with Gasteiger partial charge in [0.1, 0.15) is 5.82 Å². The van der Waals surface area contributed by atoms with Crippen molar-refractivity contribution in [2.24, 2.45) is 0 Å². The van der Waals surface area contributed by atoms with Gasteiger partial charge < -0.3 is 0 Å². The van der Waals surface area contributed by atoms with Crippen molar-refractivity contribution in [1.82, 2.24) is 0 Å². The predicted molar refractivity (Wildman–Crippen MR) is 75.6 cm³/mol. The first kappa shape index (κ1) is 13.2. The number of aryl methyl sites for hydroxylation is 1. The third-order valence-corrected chi connectivity index (χ3v) is 2.97. The third-order valence-electron chi connectivity index (χ3n) is 2.97. The van der Waals surface area contributed by atoms with E-state index in [1.165, 1.54) is 23.8 Å². The van der Waals surface area contributed by atoms with Crippen LogP contribution in [0.3, 0.4) is 0 Å². The van der Waals surface area contributed by atoms with E-state index in [4.69, 9.17) is 0 Å². The van der Waals surface area contributed by atoms with Gasteiger partial charge in [0, 0.05) is 11.1 Å². The van der Waals surface area contributed by atoms with Crippen molar-refractivity contribution in [3.8, 4) is 0 Å². The molecule has 0 atom stereocenters. The average molecular weight is 254 g/mol. The van der Waals surface area contributed by atoms with Crippen molar-refractivity contribution in [2.75, 3.05) is 0 Å². The van der Waals surface area contributed by atoms with Crippen LogP contribution in [0.1, 0.15) is 28.4 Å². The maximum atomic E-state index is 13.4. The Morgan fingerprint density at radius 2 is 1.79 bits per heavy atom. The van der Waals surface area contributed by atoms with Crippen molar-refractivity contribution < 1.29 is 9.18 Å². The number of benzene rings is 2. The molecule has 0 N–H and O–H groups in total. The summed E-state index contributed by atoms with van der Waals surface area (Å²) in [6.45, 7) is 2.06. The predicted octanol–water partition coefficient (Wildman–Crippen LogP) is 4.28. The lowest BCUT2D eigenvalue weighted by atomic mass is 10.1. The summed E-state index contributed by atoms with van der Waals surface area (Å²) >= 11 is 0. The first-order valence-electron chi connectivity index (χ1n) is 6.26. The summed E-state index contributed by atoms with van der Waals surface area (Å²) in [6.07, 6.45) is 3.85. The Hall–Kier alpha value is -2.22. The number of halogens is 1. The Kier molecular flexibility index (Phi) is 4.24. The smallest absolute Gasteiger partial charge is 0.185 e. The molecule has 2 aromatic rings. The van der Waals surface area contributed by atoms with Crippen LogP contribution in [0.5, 0.6) is 0 Å². The molecule has 0 aliphatic heterocycles. The summed E-state index contributed by atoms with van der Waals surface area (Å²) in [7, 11) is 0. The van der Waals surface area contributed by atoms with Crippen molar-refractivity contribution >= 4 is 11.9 Å². The fourth-order valence-electron chi connectivity index (χ4n) is 1.78. The highest BCUT2D eigenvalue weighted by Crippen LogP contribution is 2.10. The molecular weight excluding hydrogens is 239 g/mol. The van der Waals surface area contributed by atoms with Crippen LogP contribution < -0.4 is 0 Å². The SMILES string of the molecule is CCc1ccc(C(=O)C=Cc2ccccc2F)cc1. The zero-order valence-electron chi connectivity index (χ0n) is 10.8. The van der Waals surface area contributed by atoms with Gasteiger partial charge in [0.05, 0.1) is 0 Å². The molecule has 0 bridgehead atoms. The molecule has 0 unspecified atom stereocenters. The number of carbonyl (C=O) groups is 1. The largest absolute Gasteiger partial charge is 0.289 e. The van der Waals surface area contributed by atoms with Gasteiger partial charge in [0.2, 0.25) is 0 Å². The van der Waals surface area contributed by atoms with Gasteiger partial charge in [-0.3, -0.25) is 4.79 Å². The Labute approximate surface area is 112 Å². The van der Waals surface area contributed by atoms with Gasteiger partial charge in [-0.25, -0.2) is 4.39 Å². The van der Waals surface area contributed by atoms with E-state index < -0.39 is 0 Å². The van der Waals surface area contributed by atoms with Gasteiger partial charge in [-0.1, -0.05) is 49.4 Å². The van der Waals surface area contributed by atoms with Crippen molar-refractivity contribution in [1.29, 1.82) is 0 Å². The fourth-order valence-corrected chi connectivity index (χ4v) is 1.78. The molecular formula is C17H15FO. The molecule has 96 valence electrons. The van der Waals surface area contributed by atoms with Crippen LogP contribution in [0.2, 0.25) is 0 Å². The first-order chi connectivity index (χ1) is 9.20. The zero-order valence-corrected chi connectivity index (χ0v) is 10.8. The van der Waals surface area contributed by atoms with Crippen LogP contribution in [-0.2, 0) is 6.42 Å². The quantitative estimate of drug-likeness (QED) is 0.587. The van der Waals surface area contributed by atoms with E-state index in [1.54, 1.807) is 30.3 Å². The zero-order chi connectivity index (χ0) is 13.7. The number of allylic oxidation sites excluding steroid dienone is 1. The van der Waals surface area contributed by atoms with E-state index in [1.807, 2.05) is 12.1 Å². The Bertz CT molecular complexity index is 597. The third kappa shape index (κ3) is 3.38. The van der Waals surface area contributed by atoms with Crippen LogP contribution in [0, 0.1) is 5.82 Å². The lowest BCUT2D eigenvalue weighted by Gasteiger charge is -1.99. The van der Waals surface area contributed by atoms with Gasteiger partial charge in [-0.05, 0) is 30.2 Å². The first-order valence-corrected chi connectivity index (χ1v) is 6.26. The number of hydrogen-bond donors (Lipinski definition) is 0. The molecule has 0 fully saturated rings. The van der Waals surface area contributed by atoms with Gasteiger partial charge in [0.15, 0.2) is 5.78 Å². The van der Waals surface area contributed by atoms with Gasteiger partial charge in [0.25, 0.3) is 0 Å². The fraction of sp³-hybridized carbons (Fsp3) is 0.118. The van der Waals surface area contributed by atoms with E-state index in [0.717, 1.165) is 6.42 Å². The number of ketones is 1. The van der Waals surface area contributed by atoms with E-state index in [-0.39, 0.29) is 11.6 Å². The molecule has 2 rings (SSSR count). The molecule has 0 heterocycles. The summed E-state index contributed by atoms with van der Waals surface area (Å²) < 4.78 is 13.4. The molecule has 0 aromatic heterocycles. The minimum Gasteiger partial charge on any atom is -0.289 e. The number of carbonyl (C=O) groups excluding carboxylic acids is 1. The van der Waals surface area contributed by atoms with Gasteiger partial charge in [-0.2, -0.15) is 0 Å². The lowest BCUT2D eigenvalue weighted by Crippen LogP contribution is -1.94. The van der Waals surface area contributed by atoms with E-state index >= 15 is 0 Å². The topological polar surface area (TPSA) is 17.1 Å². The second-order valence-corrected chi connectivity index (χ2v) is 4.27. The summed E-state index contributed by atoms with van der Waals surface area (Å²) in [6, 6.07) is 13.8. The standard InChI is InChI=1S/C17H15FO/c1-2-13-7-9-15(10-8-13)17(19)12-11-14-5-3-4-6-16(14)18/h3-12H,2H2,1H3. The summed E-state index contributed by atoms with van der Waals surface area (Å²) in [5.74, 6) is -0.446. The van der Waals surface area contributed by atoms with Gasteiger partial charge >= 0.3 is 0 Å². The molecule has 0 aliphatic carbocycles. The Balaban J connectivity index is 2.14. The molecule has 2 heteroatoms.